The highest BCUT2D eigenvalue weighted by atomic mass is 79.9. The highest BCUT2D eigenvalue weighted by Crippen LogP contribution is 2.59. The first kappa shape index (κ1) is 14.1. The van der Waals surface area contributed by atoms with Gasteiger partial charge in [0.2, 0.25) is 0 Å². The molecule has 0 spiro atoms. The topological polar surface area (TPSA) is 21.3 Å². The number of fused-ring (bicyclic) bond motifs is 2. The van der Waals surface area contributed by atoms with E-state index >= 15 is 0 Å². The standard InChI is InChI=1S/C18H24BrNO/c1-2-20-16(17-14-4-3-5-15(14)17)10-12-9-13(19)8-11-6-7-21-18(11)12/h8-9,14-17,20H,2-7,10H2,1H3. The minimum absolute atomic E-state index is 0.632. The van der Waals surface area contributed by atoms with Gasteiger partial charge in [-0.25, -0.2) is 0 Å². The normalized spacial score (nSPS) is 30.7. The second kappa shape index (κ2) is 5.58. The summed E-state index contributed by atoms with van der Waals surface area (Å²) in [5.41, 5.74) is 2.78. The molecule has 1 N–H and O–H groups in total. The van der Waals surface area contributed by atoms with E-state index in [4.69, 9.17) is 4.74 Å². The van der Waals surface area contributed by atoms with Gasteiger partial charge in [-0.05, 0) is 66.8 Å². The molecule has 1 heterocycles. The van der Waals surface area contributed by atoms with Gasteiger partial charge in [0.15, 0.2) is 0 Å². The average molecular weight is 350 g/mol. The van der Waals surface area contributed by atoms with Gasteiger partial charge in [0.25, 0.3) is 0 Å². The van der Waals surface area contributed by atoms with Crippen molar-refractivity contribution in [3.8, 4) is 5.75 Å². The molecule has 2 nitrogen and oxygen atoms in total. The van der Waals surface area contributed by atoms with E-state index in [1.165, 1.54) is 40.6 Å². The summed E-state index contributed by atoms with van der Waals surface area (Å²) in [5.74, 6) is 4.10. The van der Waals surface area contributed by atoms with Gasteiger partial charge in [0, 0.05) is 16.9 Å². The molecular weight excluding hydrogens is 326 g/mol. The number of hydrogen-bond acceptors (Lipinski definition) is 2. The lowest BCUT2D eigenvalue weighted by Gasteiger charge is -2.21. The molecule has 2 aliphatic carbocycles. The van der Waals surface area contributed by atoms with Crippen molar-refractivity contribution in [2.45, 2.75) is 45.1 Å². The maximum Gasteiger partial charge on any atom is 0.125 e. The lowest BCUT2D eigenvalue weighted by Crippen LogP contribution is -2.34. The van der Waals surface area contributed by atoms with E-state index in [0.29, 0.717) is 6.04 Å². The molecule has 0 radical (unpaired) electrons. The fraction of sp³-hybridized carbons (Fsp3) is 0.667. The summed E-state index contributed by atoms with van der Waals surface area (Å²) in [5, 5.41) is 3.76. The molecule has 3 heteroatoms. The van der Waals surface area contributed by atoms with Gasteiger partial charge in [0.1, 0.15) is 5.75 Å². The number of hydrogen-bond donors (Lipinski definition) is 1. The Hall–Kier alpha value is -0.540. The van der Waals surface area contributed by atoms with Crippen molar-refractivity contribution in [1.82, 2.24) is 5.32 Å². The lowest BCUT2D eigenvalue weighted by atomic mass is 9.95. The molecule has 3 unspecified atom stereocenters. The van der Waals surface area contributed by atoms with Crippen LogP contribution in [-0.4, -0.2) is 19.2 Å². The van der Waals surface area contributed by atoms with Crippen LogP contribution in [0.4, 0.5) is 0 Å². The Balaban J connectivity index is 1.56. The van der Waals surface area contributed by atoms with E-state index in [1.807, 2.05) is 0 Å². The summed E-state index contributed by atoms with van der Waals surface area (Å²) in [6.07, 6.45) is 6.56. The van der Waals surface area contributed by atoms with Crippen LogP contribution in [0.15, 0.2) is 16.6 Å². The summed E-state index contributed by atoms with van der Waals surface area (Å²) < 4.78 is 7.11. The van der Waals surface area contributed by atoms with Crippen LogP contribution in [0, 0.1) is 17.8 Å². The molecule has 1 aromatic carbocycles. The highest BCUT2D eigenvalue weighted by Gasteiger charge is 2.55. The van der Waals surface area contributed by atoms with Crippen LogP contribution in [0.3, 0.4) is 0 Å². The lowest BCUT2D eigenvalue weighted by molar-refractivity contribution is 0.347. The van der Waals surface area contributed by atoms with Crippen LogP contribution >= 0.6 is 15.9 Å². The Morgan fingerprint density at radius 1 is 1.33 bits per heavy atom. The maximum atomic E-state index is 5.91. The second-order valence-corrected chi connectivity index (χ2v) is 7.77. The van der Waals surface area contributed by atoms with Crippen LogP contribution in [0.5, 0.6) is 5.75 Å². The molecule has 0 aromatic heterocycles. The number of rotatable bonds is 5. The van der Waals surface area contributed by atoms with Crippen molar-refractivity contribution in [3.63, 3.8) is 0 Å². The monoisotopic (exact) mass is 349 g/mol. The predicted octanol–water partition coefficient (Wildman–Crippen LogP) is 3.95. The molecule has 0 amide bonds. The molecule has 3 atom stereocenters. The van der Waals surface area contributed by atoms with E-state index < -0.39 is 0 Å². The molecule has 1 aliphatic heterocycles. The quantitative estimate of drug-likeness (QED) is 0.868. The van der Waals surface area contributed by atoms with Crippen molar-refractivity contribution >= 4 is 15.9 Å². The molecule has 114 valence electrons. The third-order valence-electron chi connectivity index (χ3n) is 5.67. The van der Waals surface area contributed by atoms with Crippen LogP contribution in [0.25, 0.3) is 0 Å². The van der Waals surface area contributed by atoms with Crippen molar-refractivity contribution in [2.24, 2.45) is 17.8 Å². The minimum Gasteiger partial charge on any atom is -0.493 e. The van der Waals surface area contributed by atoms with Crippen LogP contribution in [-0.2, 0) is 12.8 Å². The second-order valence-electron chi connectivity index (χ2n) is 6.86. The Morgan fingerprint density at radius 2 is 2.14 bits per heavy atom. The summed E-state index contributed by atoms with van der Waals surface area (Å²) in [6.45, 7) is 4.14. The Bertz CT molecular complexity index is 534. The third-order valence-corrected chi connectivity index (χ3v) is 6.13. The molecule has 2 saturated carbocycles. The van der Waals surface area contributed by atoms with Crippen LogP contribution in [0.1, 0.15) is 37.3 Å². The highest BCUT2D eigenvalue weighted by molar-refractivity contribution is 9.10. The number of likely N-dealkylation sites (N-methyl/N-ethyl adjacent to an activating group) is 1. The fourth-order valence-electron chi connectivity index (χ4n) is 4.81. The first-order chi connectivity index (χ1) is 10.3. The third kappa shape index (κ3) is 2.53. The number of halogens is 1. The van der Waals surface area contributed by atoms with E-state index in [0.717, 1.165) is 43.7 Å². The first-order valence-corrected chi connectivity index (χ1v) is 9.24. The molecule has 21 heavy (non-hydrogen) atoms. The predicted molar refractivity (Wildman–Crippen MR) is 88.8 cm³/mol. The van der Waals surface area contributed by atoms with E-state index in [9.17, 15) is 0 Å². The molecule has 0 bridgehead atoms. The minimum atomic E-state index is 0.632. The summed E-state index contributed by atoms with van der Waals surface area (Å²) in [6, 6.07) is 5.12. The van der Waals surface area contributed by atoms with Gasteiger partial charge in [-0.15, -0.1) is 0 Å². The van der Waals surface area contributed by atoms with Crippen molar-refractivity contribution in [1.29, 1.82) is 0 Å². The van der Waals surface area contributed by atoms with Gasteiger partial charge in [-0.1, -0.05) is 29.3 Å². The molecule has 2 fully saturated rings. The summed E-state index contributed by atoms with van der Waals surface area (Å²) in [4.78, 5) is 0. The fourth-order valence-corrected chi connectivity index (χ4v) is 5.37. The molecule has 0 saturated heterocycles. The van der Waals surface area contributed by atoms with Gasteiger partial charge in [0.05, 0.1) is 6.61 Å². The van der Waals surface area contributed by atoms with Crippen molar-refractivity contribution < 1.29 is 4.74 Å². The van der Waals surface area contributed by atoms with E-state index in [1.54, 1.807) is 0 Å². The smallest absolute Gasteiger partial charge is 0.125 e. The maximum absolute atomic E-state index is 5.91. The van der Waals surface area contributed by atoms with E-state index in [2.05, 4.69) is 40.3 Å². The number of benzene rings is 1. The summed E-state index contributed by atoms with van der Waals surface area (Å²) >= 11 is 3.67. The Kier molecular flexibility index (Phi) is 3.74. The van der Waals surface area contributed by atoms with Gasteiger partial charge in [-0.2, -0.15) is 0 Å². The van der Waals surface area contributed by atoms with Gasteiger partial charge < -0.3 is 10.1 Å². The van der Waals surface area contributed by atoms with Crippen molar-refractivity contribution in [2.75, 3.05) is 13.2 Å². The zero-order valence-electron chi connectivity index (χ0n) is 12.7. The SMILES string of the molecule is CCNC(Cc1cc(Br)cc2c1OCC2)C1C2CCCC21. The number of ether oxygens (including phenoxy) is 1. The largest absolute Gasteiger partial charge is 0.493 e. The number of nitrogens with one attached hydrogen (secondary N) is 1. The first-order valence-electron chi connectivity index (χ1n) is 8.45. The molecule has 1 aromatic rings. The Morgan fingerprint density at radius 3 is 2.90 bits per heavy atom. The molecular formula is C18H24BrNO. The zero-order chi connectivity index (χ0) is 14.4. The molecule has 3 aliphatic rings. The van der Waals surface area contributed by atoms with E-state index in [-0.39, 0.29) is 0 Å². The van der Waals surface area contributed by atoms with Crippen LogP contribution in [0.2, 0.25) is 0 Å². The molecule has 4 rings (SSSR count). The van der Waals surface area contributed by atoms with Crippen LogP contribution < -0.4 is 10.1 Å². The van der Waals surface area contributed by atoms with Gasteiger partial charge in [-0.3, -0.25) is 0 Å². The Labute approximate surface area is 135 Å². The summed E-state index contributed by atoms with van der Waals surface area (Å²) in [7, 11) is 0. The zero-order valence-corrected chi connectivity index (χ0v) is 14.3. The average Bonchev–Trinajstić information content (AvgIpc) is 2.84. The van der Waals surface area contributed by atoms with Gasteiger partial charge >= 0.3 is 0 Å². The van der Waals surface area contributed by atoms with Crippen molar-refractivity contribution in [3.05, 3.63) is 27.7 Å².